The van der Waals surface area contributed by atoms with Crippen LogP contribution < -0.4 is 10.6 Å². The van der Waals surface area contributed by atoms with E-state index >= 15 is 0 Å². The van der Waals surface area contributed by atoms with Crippen molar-refractivity contribution in [1.82, 2.24) is 15.5 Å². The molecule has 1 aromatic heterocycles. The summed E-state index contributed by atoms with van der Waals surface area (Å²) in [6.45, 7) is 0. The number of H-pyrrole nitrogens is 1. The van der Waals surface area contributed by atoms with Gasteiger partial charge < -0.3 is 10.6 Å². The summed E-state index contributed by atoms with van der Waals surface area (Å²) < 4.78 is 0. The number of aromatic nitrogens is 2. The van der Waals surface area contributed by atoms with Gasteiger partial charge in [0.2, 0.25) is 5.91 Å². The van der Waals surface area contributed by atoms with Crippen molar-refractivity contribution >= 4 is 17.6 Å². The van der Waals surface area contributed by atoms with E-state index in [1.54, 1.807) is 12.3 Å². The minimum absolute atomic E-state index is 0.0335. The summed E-state index contributed by atoms with van der Waals surface area (Å²) in [6, 6.07) is 10.2. The van der Waals surface area contributed by atoms with Crippen LogP contribution in [-0.2, 0) is 9.59 Å². The molecular formula is C16H18N4O2. The third-order valence-corrected chi connectivity index (χ3v) is 3.92. The zero-order valence-electron chi connectivity index (χ0n) is 12.1. The number of carbonyl (C=O) groups is 2. The molecule has 0 spiro atoms. The Balaban J connectivity index is 1.76. The lowest BCUT2D eigenvalue weighted by molar-refractivity contribution is -0.131. The van der Waals surface area contributed by atoms with Crippen LogP contribution >= 0.6 is 0 Å². The molecule has 0 bridgehead atoms. The maximum atomic E-state index is 12.5. The fraction of sp³-hybridized carbons (Fsp3) is 0.312. The van der Waals surface area contributed by atoms with Gasteiger partial charge in [0.25, 0.3) is 5.91 Å². The minimum atomic E-state index is -0.711. The summed E-state index contributed by atoms with van der Waals surface area (Å²) in [7, 11) is 0. The largest absolute Gasteiger partial charge is 0.340 e. The Bertz CT molecular complexity index is 635. The molecule has 1 aromatic carbocycles. The Morgan fingerprint density at radius 3 is 2.55 bits per heavy atom. The molecule has 2 amide bonds. The summed E-state index contributed by atoms with van der Waals surface area (Å²) >= 11 is 0. The van der Waals surface area contributed by atoms with Crippen LogP contribution in [0, 0.1) is 5.92 Å². The molecule has 1 fully saturated rings. The topological polar surface area (TPSA) is 86.9 Å². The molecular weight excluding hydrogens is 280 g/mol. The highest BCUT2D eigenvalue weighted by molar-refractivity contribution is 5.97. The highest BCUT2D eigenvalue weighted by atomic mass is 16.2. The molecule has 1 aliphatic carbocycles. The molecule has 1 aliphatic rings. The van der Waals surface area contributed by atoms with E-state index in [2.05, 4.69) is 20.8 Å². The Kier molecular flexibility index (Phi) is 4.18. The second-order valence-corrected chi connectivity index (χ2v) is 5.44. The maximum absolute atomic E-state index is 12.5. The molecule has 1 unspecified atom stereocenters. The first-order chi connectivity index (χ1) is 10.7. The van der Waals surface area contributed by atoms with Gasteiger partial charge in [0.05, 0.1) is 6.20 Å². The fourth-order valence-corrected chi connectivity index (χ4v) is 2.41. The first-order valence-corrected chi connectivity index (χ1v) is 7.39. The van der Waals surface area contributed by atoms with E-state index < -0.39 is 6.04 Å². The Morgan fingerprint density at radius 2 is 1.95 bits per heavy atom. The number of anilines is 1. The number of nitrogens with one attached hydrogen (secondary N) is 3. The highest BCUT2D eigenvalue weighted by Crippen LogP contribution is 2.27. The van der Waals surface area contributed by atoms with E-state index in [0.717, 1.165) is 24.8 Å². The van der Waals surface area contributed by atoms with Gasteiger partial charge in [0.1, 0.15) is 11.9 Å². The summed E-state index contributed by atoms with van der Waals surface area (Å²) in [6.07, 6.45) is 4.43. The van der Waals surface area contributed by atoms with Gasteiger partial charge >= 0.3 is 0 Å². The Hall–Kier alpha value is -2.63. The summed E-state index contributed by atoms with van der Waals surface area (Å²) in [4.78, 5) is 24.7. The lowest BCUT2D eigenvalue weighted by Crippen LogP contribution is -2.41. The third kappa shape index (κ3) is 3.16. The van der Waals surface area contributed by atoms with Crippen molar-refractivity contribution in [3.63, 3.8) is 0 Å². The van der Waals surface area contributed by atoms with Crippen LogP contribution in [0.1, 0.15) is 30.9 Å². The van der Waals surface area contributed by atoms with E-state index in [-0.39, 0.29) is 17.7 Å². The van der Waals surface area contributed by atoms with Gasteiger partial charge in [-0.25, -0.2) is 0 Å². The molecule has 2 aromatic rings. The predicted molar refractivity (Wildman–Crippen MR) is 81.9 cm³/mol. The molecule has 1 atom stereocenters. The van der Waals surface area contributed by atoms with Gasteiger partial charge in [-0.3, -0.25) is 14.7 Å². The van der Waals surface area contributed by atoms with Crippen molar-refractivity contribution in [2.24, 2.45) is 5.92 Å². The van der Waals surface area contributed by atoms with Gasteiger partial charge in [-0.1, -0.05) is 36.8 Å². The molecule has 1 saturated carbocycles. The zero-order chi connectivity index (χ0) is 15.4. The lowest BCUT2D eigenvalue weighted by Gasteiger charge is -2.27. The van der Waals surface area contributed by atoms with E-state index in [9.17, 15) is 9.59 Å². The van der Waals surface area contributed by atoms with Crippen LogP contribution in [0.15, 0.2) is 42.6 Å². The van der Waals surface area contributed by atoms with Crippen LogP contribution in [-0.4, -0.2) is 22.0 Å². The van der Waals surface area contributed by atoms with E-state index in [4.69, 9.17) is 0 Å². The van der Waals surface area contributed by atoms with E-state index in [0.29, 0.717) is 5.82 Å². The predicted octanol–water partition coefficient (Wildman–Crippen LogP) is 2.01. The number of benzene rings is 1. The van der Waals surface area contributed by atoms with Gasteiger partial charge in [-0.2, -0.15) is 5.10 Å². The van der Waals surface area contributed by atoms with Gasteiger partial charge in [-0.05, 0) is 18.4 Å². The monoisotopic (exact) mass is 298 g/mol. The zero-order valence-corrected chi connectivity index (χ0v) is 12.1. The van der Waals surface area contributed by atoms with Gasteiger partial charge in [0, 0.05) is 12.0 Å². The first-order valence-electron chi connectivity index (χ1n) is 7.39. The summed E-state index contributed by atoms with van der Waals surface area (Å²) in [5.41, 5.74) is 0.757. The van der Waals surface area contributed by atoms with Crippen molar-refractivity contribution < 1.29 is 9.59 Å². The second-order valence-electron chi connectivity index (χ2n) is 5.44. The van der Waals surface area contributed by atoms with Gasteiger partial charge in [0.15, 0.2) is 0 Å². The smallest absolute Gasteiger partial charge is 0.252 e. The molecule has 0 radical (unpaired) electrons. The van der Waals surface area contributed by atoms with Crippen LogP contribution in [0.25, 0.3) is 0 Å². The quantitative estimate of drug-likeness (QED) is 0.789. The Morgan fingerprint density at radius 1 is 1.18 bits per heavy atom. The fourth-order valence-electron chi connectivity index (χ4n) is 2.41. The molecule has 22 heavy (non-hydrogen) atoms. The molecule has 0 saturated heterocycles. The van der Waals surface area contributed by atoms with Crippen LogP contribution in [0.3, 0.4) is 0 Å². The normalized spacial score (nSPS) is 15.6. The van der Waals surface area contributed by atoms with E-state index in [1.807, 2.05) is 30.3 Å². The van der Waals surface area contributed by atoms with Crippen molar-refractivity contribution in [3.8, 4) is 0 Å². The second kappa shape index (κ2) is 6.43. The van der Waals surface area contributed by atoms with Gasteiger partial charge in [-0.15, -0.1) is 0 Å². The molecule has 3 rings (SSSR count). The number of rotatable bonds is 5. The minimum Gasteiger partial charge on any atom is -0.340 e. The summed E-state index contributed by atoms with van der Waals surface area (Å²) in [5, 5.41) is 12.1. The highest BCUT2D eigenvalue weighted by Gasteiger charge is 2.30. The maximum Gasteiger partial charge on any atom is 0.252 e. The molecule has 114 valence electrons. The van der Waals surface area contributed by atoms with E-state index in [1.165, 1.54) is 0 Å². The SMILES string of the molecule is O=C(NC(C(=O)Nc1ccn[nH]1)c1ccccc1)C1CCC1. The van der Waals surface area contributed by atoms with Crippen LogP contribution in [0.4, 0.5) is 5.82 Å². The number of carbonyl (C=O) groups excluding carboxylic acids is 2. The number of aromatic amines is 1. The van der Waals surface area contributed by atoms with Crippen molar-refractivity contribution in [3.05, 3.63) is 48.2 Å². The molecule has 3 N–H and O–H groups in total. The number of nitrogens with zero attached hydrogens (tertiary/aromatic N) is 1. The number of amides is 2. The Labute approximate surface area is 128 Å². The van der Waals surface area contributed by atoms with Crippen LogP contribution in [0.2, 0.25) is 0 Å². The van der Waals surface area contributed by atoms with Crippen molar-refractivity contribution in [1.29, 1.82) is 0 Å². The molecule has 0 aliphatic heterocycles. The third-order valence-electron chi connectivity index (χ3n) is 3.92. The molecule has 6 nitrogen and oxygen atoms in total. The summed E-state index contributed by atoms with van der Waals surface area (Å²) in [5.74, 6) is 0.193. The number of hydrogen-bond donors (Lipinski definition) is 3. The lowest BCUT2D eigenvalue weighted by atomic mass is 9.84. The van der Waals surface area contributed by atoms with Crippen molar-refractivity contribution in [2.75, 3.05) is 5.32 Å². The first kappa shape index (κ1) is 14.3. The molecule has 1 heterocycles. The number of hydrogen-bond acceptors (Lipinski definition) is 3. The molecule has 6 heteroatoms. The average Bonchev–Trinajstić information content (AvgIpc) is 2.96. The standard InChI is InChI=1S/C16H18N4O2/c21-15(12-7-4-8-12)19-14(11-5-2-1-3-6-11)16(22)18-13-9-10-17-20-13/h1-3,5-6,9-10,12,14H,4,7-8H2,(H,19,21)(H2,17,18,20,22). The van der Waals surface area contributed by atoms with Crippen molar-refractivity contribution in [2.45, 2.75) is 25.3 Å². The average molecular weight is 298 g/mol. The van der Waals surface area contributed by atoms with Crippen LogP contribution in [0.5, 0.6) is 0 Å².